The Morgan fingerprint density at radius 3 is 2.58 bits per heavy atom. The van der Waals surface area contributed by atoms with Gasteiger partial charge in [-0.2, -0.15) is 0 Å². The van der Waals surface area contributed by atoms with Crippen LogP contribution in [0.15, 0.2) is 65.8 Å². The minimum absolute atomic E-state index is 0.0784. The van der Waals surface area contributed by atoms with Gasteiger partial charge in [0.2, 0.25) is 5.91 Å². The van der Waals surface area contributed by atoms with Gasteiger partial charge in [-0.25, -0.2) is 4.98 Å². The molecule has 2 aromatic carbocycles. The van der Waals surface area contributed by atoms with E-state index in [1.165, 1.54) is 10.9 Å². The molecule has 0 radical (unpaired) electrons. The highest BCUT2D eigenvalue weighted by Crippen LogP contribution is 2.28. The van der Waals surface area contributed by atoms with Gasteiger partial charge in [-0.05, 0) is 49.2 Å². The maximum atomic E-state index is 13.2. The van der Waals surface area contributed by atoms with Crippen molar-refractivity contribution >= 4 is 34.2 Å². The van der Waals surface area contributed by atoms with E-state index < -0.39 is 0 Å². The Morgan fingerprint density at radius 1 is 1.16 bits per heavy atom. The molecule has 0 aliphatic carbocycles. The topological polar surface area (TPSA) is 60.1 Å². The minimum Gasteiger partial charge on any atom is -0.344 e. The zero-order valence-electron chi connectivity index (χ0n) is 17.7. The lowest BCUT2D eigenvalue weighted by molar-refractivity contribution is -0.119. The Hall–Kier alpha value is -3.38. The molecule has 0 fully saturated rings. The van der Waals surface area contributed by atoms with E-state index in [0.717, 1.165) is 22.4 Å². The summed E-state index contributed by atoms with van der Waals surface area (Å²) in [6, 6.07) is 15.2. The maximum absolute atomic E-state index is 13.2. The van der Waals surface area contributed by atoms with Crippen LogP contribution in [-0.4, -0.2) is 26.6 Å². The molecule has 158 valence electrons. The summed E-state index contributed by atoms with van der Waals surface area (Å²) in [7, 11) is 1.81. The molecule has 0 aliphatic rings. The van der Waals surface area contributed by atoms with Crippen molar-refractivity contribution in [2.45, 2.75) is 20.4 Å². The normalized spacial score (nSPS) is 11.1. The van der Waals surface area contributed by atoms with E-state index in [-0.39, 0.29) is 18.0 Å². The number of hydrogen-bond donors (Lipinski definition) is 0. The predicted molar refractivity (Wildman–Crippen MR) is 125 cm³/mol. The maximum Gasteiger partial charge on any atom is 0.278 e. The first kappa shape index (κ1) is 20.9. The summed E-state index contributed by atoms with van der Waals surface area (Å²) in [4.78, 5) is 32.4. The van der Waals surface area contributed by atoms with Gasteiger partial charge in [0.05, 0.1) is 6.33 Å². The molecular weight excluding hydrogens is 412 g/mol. The molecule has 0 saturated heterocycles. The van der Waals surface area contributed by atoms with Gasteiger partial charge in [-0.3, -0.25) is 14.2 Å². The van der Waals surface area contributed by atoms with Gasteiger partial charge >= 0.3 is 0 Å². The molecule has 6 nitrogen and oxygen atoms in total. The Bertz CT molecular complexity index is 1320. The van der Waals surface area contributed by atoms with Crippen LogP contribution >= 0.6 is 11.6 Å². The molecule has 2 heterocycles. The van der Waals surface area contributed by atoms with Crippen molar-refractivity contribution in [1.29, 1.82) is 0 Å². The van der Waals surface area contributed by atoms with Crippen LogP contribution in [0.3, 0.4) is 0 Å². The molecule has 0 bridgehead atoms. The SMILES string of the molecule is CCN(C(=O)Cn1cnc2c(-c3ccc(Cl)cc3)cn(C)c2c1=O)c1cccc(C)c1. The molecule has 2 aromatic heterocycles. The van der Waals surface area contributed by atoms with E-state index >= 15 is 0 Å². The fourth-order valence-corrected chi connectivity index (χ4v) is 3.92. The fraction of sp³-hybridized carbons (Fsp3) is 0.208. The summed E-state index contributed by atoms with van der Waals surface area (Å²) in [5.41, 5.74) is 4.47. The van der Waals surface area contributed by atoms with Crippen molar-refractivity contribution < 1.29 is 4.79 Å². The summed E-state index contributed by atoms with van der Waals surface area (Å²) in [6.45, 7) is 4.33. The first-order valence-electron chi connectivity index (χ1n) is 10.1. The molecule has 31 heavy (non-hydrogen) atoms. The molecule has 0 N–H and O–H groups in total. The van der Waals surface area contributed by atoms with Crippen LogP contribution in [0.5, 0.6) is 0 Å². The number of hydrogen-bond acceptors (Lipinski definition) is 3. The number of aryl methyl sites for hydroxylation is 2. The number of anilines is 1. The van der Waals surface area contributed by atoms with Gasteiger partial charge in [0.15, 0.2) is 0 Å². The second-order valence-electron chi connectivity index (χ2n) is 7.51. The number of amides is 1. The van der Waals surface area contributed by atoms with E-state index in [1.54, 1.807) is 21.6 Å². The van der Waals surface area contributed by atoms with Crippen LogP contribution in [-0.2, 0) is 18.4 Å². The Morgan fingerprint density at radius 2 is 1.90 bits per heavy atom. The van der Waals surface area contributed by atoms with Crippen molar-refractivity contribution in [1.82, 2.24) is 14.1 Å². The van der Waals surface area contributed by atoms with Crippen LogP contribution in [0.4, 0.5) is 5.69 Å². The monoisotopic (exact) mass is 434 g/mol. The summed E-state index contributed by atoms with van der Waals surface area (Å²) >= 11 is 6.00. The molecule has 0 atom stereocenters. The lowest BCUT2D eigenvalue weighted by atomic mass is 10.1. The van der Waals surface area contributed by atoms with Crippen LogP contribution in [0, 0.1) is 6.92 Å². The number of carbonyl (C=O) groups is 1. The van der Waals surface area contributed by atoms with Gasteiger partial charge in [-0.15, -0.1) is 0 Å². The number of benzene rings is 2. The van der Waals surface area contributed by atoms with Gasteiger partial charge < -0.3 is 9.47 Å². The number of rotatable bonds is 5. The van der Waals surface area contributed by atoms with E-state index in [2.05, 4.69) is 4.98 Å². The van der Waals surface area contributed by atoms with E-state index in [1.807, 2.05) is 63.5 Å². The van der Waals surface area contributed by atoms with E-state index in [4.69, 9.17) is 11.6 Å². The first-order valence-corrected chi connectivity index (χ1v) is 10.4. The number of carbonyl (C=O) groups excluding carboxylic acids is 1. The van der Waals surface area contributed by atoms with Crippen LogP contribution in [0.2, 0.25) is 5.02 Å². The van der Waals surface area contributed by atoms with E-state index in [0.29, 0.717) is 22.6 Å². The number of halogens is 1. The Labute approximate surface area is 185 Å². The summed E-state index contributed by atoms with van der Waals surface area (Å²) in [6.07, 6.45) is 3.33. The standard InChI is InChI=1S/C24H23ClN4O2/c1-4-29(19-7-5-6-16(2)12-19)21(30)14-28-15-26-22-20(13-27(3)23(22)24(28)31)17-8-10-18(25)11-9-17/h5-13,15H,4,14H2,1-3H3. The average molecular weight is 435 g/mol. The van der Waals surface area contributed by atoms with Crippen LogP contribution in [0.25, 0.3) is 22.2 Å². The largest absolute Gasteiger partial charge is 0.344 e. The zero-order valence-corrected chi connectivity index (χ0v) is 18.4. The highest BCUT2D eigenvalue weighted by molar-refractivity contribution is 6.30. The van der Waals surface area contributed by atoms with Crippen LogP contribution < -0.4 is 10.5 Å². The van der Waals surface area contributed by atoms with Gasteiger partial charge in [0, 0.05) is 36.1 Å². The summed E-state index contributed by atoms with van der Waals surface area (Å²) < 4.78 is 3.13. The summed E-state index contributed by atoms with van der Waals surface area (Å²) in [5, 5.41) is 0.645. The smallest absolute Gasteiger partial charge is 0.278 e. The van der Waals surface area contributed by atoms with E-state index in [9.17, 15) is 9.59 Å². The Kier molecular flexibility index (Phi) is 5.65. The number of aromatic nitrogens is 3. The molecule has 7 heteroatoms. The first-order chi connectivity index (χ1) is 14.9. The second-order valence-corrected chi connectivity index (χ2v) is 7.95. The zero-order chi connectivity index (χ0) is 22.1. The lowest BCUT2D eigenvalue weighted by Gasteiger charge is -2.22. The predicted octanol–water partition coefficient (Wildman–Crippen LogP) is 4.42. The van der Waals surface area contributed by atoms with Crippen LogP contribution in [0.1, 0.15) is 12.5 Å². The molecule has 1 amide bonds. The van der Waals surface area contributed by atoms with Gasteiger partial charge in [0.1, 0.15) is 17.6 Å². The average Bonchev–Trinajstić information content (AvgIpc) is 3.08. The number of nitrogens with zero attached hydrogens (tertiary/aromatic N) is 4. The molecule has 4 aromatic rings. The van der Waals surface area contributed by atoms with Crippen molar-refractivity contribution in [3.05, 3.63) is 82.0 Å². The van der Waals surface area contributed by atoms with Crippen molar-refractivity contribution in [3.8, 4) is 11.1 Å². The number of fused-ring (bicyclic) bond motifs is 1. The third-order valence-electron chi connectivity index (χ3n) is 5.34. The molecule has 0 aliphatic heterocycles. The third-order valence-corrected chi connectivity index (χ3v) is 5.59. The molecule has 0 saturated carbocycles. The quantitative estimate of drug-likeness (QED) is 0.467. The van der Waals surface area contributed by atoms with Crippen molar-refractivity contribution in [3.63, 3.8) is 0 Å². The summed E-state index contributed by atoms with van der Waals surface area (Å²) in [5.74, 6) is -0.163. The highest BCUT2D eigenvalue weighted by Gasteiger charge is 2.19. The molecule has 4 rings (SSSR count). The molecule has 0 spiro atoms. The van der Waals surface area contributed by atoms with Gasteiger partial charge in [-0.1, -0.05) is 35.9 Å². The fourth-order valence-electron chi connectivity index (χ4n) is 3.80. The van der Waals surface area contributed by atoms with Crippen molar-refractivity contribution in [2.24, 2.45) is 7.05 Å². The molecular formula is C24H23ClN4O2. The third kappa shape index (κ3) is 3.99. The number of likely N-dealkylation sites (N-methyl/N-ethyl adjacent to an activating group) is 1. The molecule has 0 unspecified atom stereocenters. The lowest BCUT2D eigenvalue weighted by Crippen LogP contribution is -2.36. The van der Waals surface area contributed by atoms with Crippen molar-refractivity contribution in [2.75, 3.05) is 11.4 Å². The van der Waals surface area contributed by atoms with Gasteiger partial charge in [0.25, 0.3) is 5.56 Å². The highest BCUT2D eigenvalue weighted by atomic mass is 35.5. The Balaban J connectivity index is 1.70. The second kappa shape index (κ2) is 8.40. The minimum atomic E-state index is -0.249.